The summed E-state index contributed by atoms with van der Waals surface area (Å²) in [4.78, 5) is 10.7. The first-order valence-electron chi connectivity index (χ1n) is 4.38. The monoisotopic (exact) mass is 263 g/mol. The summed E-state index contributed by atoms with van der Waals surface area (Å²) in [6.07, 6.45) is 0. The van der Waals surface area contributed by atoms with E-state index in [9.17, 15) is 4.79 Å². The van der Waals surface area contributed by atoms with E-state index in [4.69, 9.17) is 23.2 Å². The third kappa shape index (κ3) is 3.93. The molecule has 0 bridgehead atoms. The lowest BCUT2D eigenvalue weighted by molar-refractivity contribution is -0.118. The maximum Gasteiger partial charge on any atom is 0.216 e. The van der Waals surface area contributed by atoms with Crippen LogP contribution in [0.15, 0.2) is 18.2 Å². The van der Waals surface area contributed by atoms with Gasteiger partial charge in [-0.15, -0.1) is 0 Å². The summed E-state index contributed by atoms with van der Waals surface area (Å²) >= 11 is 16.1. The Hall–Kier alpha value is -0.380. The van der Waals surface area contributed by atoms with Crippen LogP contribution in [0.3, 0.4) is 0 Å². The Kier molecular flexibility index (Phi) is 4.77. The van der Waals surface area contributed by atoms with E-state index in [0.29, 0.717) is 16.6 Å². The topological polar surface area (TPSA) is 29.1 Å². The predicted octanol–water partition coefficient (Wildman–Crippen LogP) is 3.10. The number of nitrogens with one attached hydrogen (secondary N) is 1. The number of halogens is 2. The Morgan fingerprint density at radius 2 is 2.20 bits per heavy atom. The fourth-order valence-corrected chi connectivity index (χ4v) is 2.05. The van der Waals surface area contributed by atoms with E-state index in [2.05, 4.69) is 17.9 Å². The van der Waals surface area contributed by atoms with E-state index in [-0.39, 0.29) is 11.2 Å². The van der Waals surface area contributed by atoms with Gasteiger partial charge in [-0.3, -0.25) is 4.79 Å². The third-order valence-corrected chi connectivity index (χ3v) is 2.89. The first-order chi connectivity index (χ1) is 7.00. The van der Waals surface area contributed by atoms with E-state index in [1.54, 1.807) is 12.1 Å². The van der Waals surface area contributed by atoms with Crippen LogP contribution in [0.2, 0.25) is 10.0 Å². The van der Waals surface area contributed by atoms with Crippen LogP contribution in [0, 0.1) is 0 Å². The van der Waals surface area contributed by atoms with Crippen molar-refractivity contribution >= 4 is 41.7 Å². The number of hydrogen-bond donors (Lipinski definition) is 2. The second-order valence-electron chi connectivity index (χ2n) is 3.12. The Bertz CT molecular complexity index is 370. The van der Waals surface area contributed by atoms with Gasteiger partial charge in [-0.1, -0.05) is 29.3 Å². The lowest BCUT2D eigenvalue weighted by Crippen LogP contribution is -2.24. The van der Waals surface area contributed by atoms with Crippen molar-refractivity contribution in [2.45, 2.75) is 12.2 Å². The third-order valence-electron chi connectivity index (χ3n) is 1.87. The van der Waals surface area contributed by atoms with Crippen molar-refractivity contribution in [2.75, 3.05) is 6.54 Å². The second-order valence-corrected chi connectivity index (χ2v) is 4.59. The molecule has 0 aromatic heterocycles. The zero-order chi connectivity index (χ0) is 11.4. The maximum atomic E-state index is 10.7. The molecule has 1 atom stereocenters. The molecule has 0 unspecified atom stereocenters. The van der Waals surface area contributed by atoms with Gasteiger partial charge in [0, 0.05) is 28.8 Å². The zero-order valence-electron chi connectivity index (χ0n) is 8.13. The van der Waals surface area contributed by atoms with Crippen LogP contribution in [0.25, 0.3) is 0 Å². The smallest absolute Gasteiger partial charge is 0.216 e. The quantitative estimate of drug-likeness (QED) is 0.807. The second kappa shape index (κ2) is 5.64. The summed E-state index contributed by atoms with van der Waals surface area (Å²) in [6.45, 7) is 1.91. The molecule has 5 heteroatoms. The van der Waals surface area contributed by atoms with Crippen LogP contribution >= 0.6 is 35.8 Å². The molecule has 1 N–H and O–H groups in total. The molecule has 0 heterocycles. The molecule has 0 aliphatic heterocycles. The van der Waals surface area contributed by atoms with Crippen molar-refractivity contribution < 1.29 is 4.79 Å². The minimum Gasteiger partial charge on any atom is -0.355 e. The van der Waals surface area contributed by atoms with E-state index in [1.807, 2.05) is 6.07 Å². The predicted molar refractivity (Wildman–Crippen MR) is 66.9 cm³/mol. The van der Waals surface area contributed by atoms with Crippen LogP contribution in [0.5, 0.6) is 0 Å². The molecule has 0 radical (unpaired) electrons. The van der Waals surface area contributed by atoms with Gasteiger partial charge in [-0.2, -0.15) is 12.6 Å². The molecule has 0 aliphatic carbocycles. The highest BCUT2D eigenvalue weighted by Gasteiger charge is 2.11. The van der Waals surface area contributed by atoms with Gasteiger partial charge in [0.2, 0.25) is 5.91 Å². The molecule has 2 nitrogen and oxygen atoms in total. The maximum absolute atomic E-state index is 10.7. The van der Waals surface area contributed by atoms with Crippen molar-refractivity contribution in [2.24, 2.45) is 0 Å². The van der Waals surface area contributed by atoms with E-state index in [1.165, 1.54) is 6.92 Å². The number of carbonyl (C=O) groups is 1. The Balaban J connectivity index is 2.73. The van der Waals surface area contributed by atoms with Crippen LogP contribution in [-0.4, -0.2) is 12.5 Å². The van der Waals surface area contributed by atoms with E-state index < -0.39 is 0 Å². The number of rotatable bonds is 3. The normalized spacial score (nSPS) is 12.3. The highest BCUT2D eigenvalue weighted by Crippen LogP contribution is 2.29. The molecular formula is C10H11Cl2NOS. The average molecular weight is 264 g/mol. The fourth-order valence-electron chi connectivity index (χ4n) is 1.12. The minimum absolute atomic E-state index is 0.0841. The molecule has 15 heavy (non-hydrogen) atoms. The molecule has 0 saturated carbocycles. The molecule has 1 aromatic rings. The standard InChI is InChI=1S/C10H11Cl2NOS/c1-6(14)13-5-10(15)8-3-2-7(11)4-9(8)12/h2-4,10,15H,5H2,1H3,(H,13,14)/t10-/m0/s1. The first kappa shape index (κ1) is 12.7. The minimum atomic E-state index is -0.126. The van der Waals surface area contributed by atoms with Crippen molar-refractivity contribution in [3.05, 3.63) is 33.8 Å². The molecule has 1 rings (SSSR count). The highest BCUT2D eigenvalue weighted by atomic mass is 35.5. The summed E-state index contributed by atoms with van der Waals surface area (Å²) in [5, 5.41) is 3.70. The molecular weight excluding hydrogens is 253 g/mol. The Labute approximate surface area is 104 Å². The lowest BCUT2D eigenvalue weighted by atomic mass is 10.1. The van der Waals surface area contributed by atoms with Gasteiger partial charge >= 0.3 is 0 Å². The highest BCUT2D eigenvalue weighted by molar-refractivity contribution is 7.80. The molecule has 0 spiro atoms. The van der Waals surface area contributed by atoms with Crippen LogP contribution < -0.4 is 5.32 Å². The van der Waals surface area contributed by atoms with E-state index >= 15 is 0 Å². The van der Waals surface area contributed by atoms with Crippen molar-refractivity contribution in [1.82, 2.24) is 5.32 Å². The number of benzene rings is 1. The van der Waals surface area contributed by atoms with Crippen molar-refractivity contribution in [1.29, 1.82) is 0 Å². The van der Waals surface area contributed by atoms with Crippen LogP contribution in [0.1, 0.15) is 17.7 Å². The van der Waals surface area contributed by atoms with Gasteiger partial charge in [-0.25, -0.2) is 0 Å². The Morgan fingerprint density at radius 1 is 1.53 bits per heavy atom. The number of hydrogen-bond acceptors (Lipinski definition) is 2. The summed E-state index contributed by atoms with van der Waals surface area (Å²) in [5.74, 6) is -0.0841. The molecule has 1 aromatic carbocycles. The van der Waals surface area contributed by atoms with Gasteiger partial charge in [0.15, 0.2) is 0 Å². The molecule has 0 fully saturated rings. The lowest BCUT2D eigenvalue weighted by Gasteiger charge is -2.13. The fraction of sp³-hybridized carbons (Fsp3) is 0.300. The number of amides is 1. The average Bonchev–Trinajstić information content (AvgIpc) is 2.14. The Morgan fingerprint density at radius 3 is 2.73 bits per heavy atom. The van der Waals surface area contributed by atoms with Crippen molar-refractivity contribution in [3.63, 3.8) is 0 Å². The molecule has 0 aliphatic rings. The van der Waals surface area contributed by atoms with Gasteiger partial charge in [-0.05, 0) is 17.7 Å². The number of thiol groups is 1. The molecule has 0 saturated heterocycles. The van der Waals surface area contributed by atoms with Crippen LogP contribution in [0.4, 0.5) is 0 Å². The summed E-state index contributed by atoms with van der Waals surface area (Å²) in [7, 11) is 0. The van der Waals surface area contributed by atoms with E-state index in [0.717, 1.165) is 5.56 Å². The molecule has 82 valence electrons. The van der Waals surface area contributed by atoms with Gasteiger partial charge in [0.1, 0.15) is 0 Å². The van der Waals surface area contributed by atoms with Gasteiger partial charge in [0.05, 0.1) is 0 Å². The summed E-state index contributed by atoms with van der Waals surface area (Å²) in [6, 6.07) is 5.22. The summed E-state index contributed by atoms with van der Waals surface area (Å²) < 4.78 is 0. The summed E-state index contributed by atoms with van der Waals surface area (Å²) in [5.41, 5.74) is 0.859. The SMILES string of the molecule is CC(=O)NC[C@H](S)c1ccc(Cl)cc1Cl. The van der Waals surface area contributed by atoms with Gasteiger partial charge < -0.3 is 5.32 Å². The van der Waals surface area contributed by atoms with Crippen molar-refractivity contribution in [3.8, 4) is 0 Å². The molecule has 1 amide bonds. The van der Waals surface area contributed by atoms with Crippen LogP contribution in [-0.2, 0) is 4.79 Å². The first-order valence-corrected chi connectivity index (χ1v) is 5.65. The zero-order valence-corrected chi connectivity index (χ0v) is 10.5. The largest absolute Gasteiger partial charge is 0.355 e. The van der Waals surface area contributed by atoms with Gasteiger partial charge in [0.25, 0.3) is 0 Å². The number of carbonyl (C=O) groups excluding carboxylic acids is 1.